The van der Waals surface area contributed by atoms with Crippen molar-refractivity contribution in [3.8, 4) is 17.1 Å². The second-order valence-electron chi connectivity index (χ2n) is 11.8. The molecule has 0 N–H and O–H groups in total. The number of hydrogen-bond acceptors (Lipinski definition) is 0. The summed E-state index contributed by atoms with van der Waals surface area (Å²) in [7, 11) is 0. The Morgan fingerprint density at radius 2 is 0.578 bits per heavy atom. The molecule has 10 rings (SSSR count). The number of para-hydroxylation sites is 5. The zero-order valence-electron chi connectivity index (χ0n) is 24.4. The van der Waals surface area contributed by atoms with Gasteiger partial charge in [0.15, 0.2) is 0 Å². The van der Waals surface area contributed by atoms with Gasteiger partial charge in [0.2, 0.25) is 0 Å². The Balaban J connectivity index is 1.36. The van der Waals surface area contributed by atoms with Gasteiger partial charge in [-0.15, -0.1) is 0 Å². The summed E-state index contributed by atoms with van der Waals surface area (Å²) in [6.45, 7) is 0. The van der Waals surface area contributed by atoms with Crippen LogP contribution in [0.15, 0.2) is 164 Å². The Kier molecular flexibility index (Phi) is 5.00. The van der Waals surface area contributed by atoms with E-state index in [9.17, 15) is 0 Å². The van der Waals surface area contributed by atoms with Crippen LogP contribution in [0.4, 0.5) is 0 Å². The molecule has 0 spiro atoms. The number of aromatic nitrogens is 3. The Bertz CT molecular complexity index is 2690. The topological polar surface area (TPSA) is 14.8 Å². The molecule has 10 aromatic rings. The highest BCUT2D eigenvalue weighted by Gasteiger charge is 2.20. The molecule has 0 fully saturated rings. The van der Waals surface area contributed by atoms with E-state index in [1.807, 2.05) is 0 Å². The first-order valence-corrected chi connectivity index (χ1v) is 15.5. The van der Waals surface area contributed by atoms with E-state index in [0.29, 0.717) is 0 Å². The fourth-order valence-corrected chi connectivity index (χ4v) is 7.52. The van der Waals surface area contributed by atoms with Gasteiger partial charge in [-0.1, -0.05) is 91.0 Å². The Morgan fingerprint density at radius 1 is 0.222 bits per heavy atom. The summed E-state index contributed by atoms with van der Waals surface area (Å²) in [4.78, 5) is 0. The lowest BCUT2D eigenvalue weighted by molar-refractivity contribution is 1.16. The lowest BCUT2D eigenvalue weighted by atomic mass is 10.1. The maximum Gasteiger partial charge on any atom is 0.0548 e. The van der Waals surface area contributed by atoms with Crippen LogP contribution in [0.25, 0.3) is 82.5 Å². The highest BCUT2D eigenvalue weighted by molar-refractivity contribution is 6.19. The predicted octanol–water partition coefficient (Wildman–Crippen LogP) is 11.0. The summed E-state index contributed by atoms with van der Waals surface area (Å²) in [5.41, 5.74) is 10.8. The largest absolute Gasteiger partial charge is 0.309 e. The molecule has 0 saturated carbocycles. The fourth-order valence-electron chi connectivity index (χ4n) is 7.52. The number of benzene rings is 7. The van der Waals surface area contributed by atoms with Crippen LogP contribution in [-0.4, -0.2) is 13.7 Å². The van der Waals surface area contributed by atoms with Crippen LogP contribution in [0.1, 0.15) is 0 Å². The smallest absolute Gasteiger partial charge is 0.0548 e. The van der Waals surface area contributed by atoms with Crippen LogP contribution in [0, 0.1) is 0 Å². The van der Waals surface area contributed by atoms with Gasteiger partial charge in [0.05, 0.1) is 33.1 Å². The van der Waals surface area contributed by atoms with Crippen molar-refractivity contribution in [3.63, 3.8) is 0 Å². The molecule has 0 bridgehead atoms. The van der Waals surface area contributed by atoms with Crippen LogP contribution in [-0.2, 0) is 0 Å². The maximum absolute atomic E-state index is 2.42. The number of hydrogen-bond donors (Lipinski definition) is 0. The van der Waals surface area contributed by atoms with Crippen molar-refractivity contribution in [2.24, 2.45) is 0 Å². The molecule has 0 atom stereocenters. The Labute approximate surface area is 259 Å². The molecule has 0 unspecified atom stereocenters. The van der Waals surface area contributed by atoms with E-state index < -0.39 is 0 Å². The van der Waals surface area contributed by atoms with Crippen LogP contribution in [0.3, 0.4) is 0 Å². The zero-order valence-corrected chi connectivity index (χ0v) is 24.4. The van der Waals surface area contributed by atoms with Gasteiger partial charge in [-0.3, -0.25) is 0 Å². The van der Waals surface area contributed by atoms with Gasteiger partial charge in [0.1, 0.15) is 0 Å². The van der Waals surface area contributed by atoms with Crippen molar-refractivity contribution in [1.82, 2.24) is 13.7 Å². The summed E-state index contributed by atoms with van der Waals surface area (Å²) in [5.74, 6) is 0. The molecular weight excluding hydrogens is 546 g/mol. The molecule has 0 amide bonds. The van der Waals surface area contributed by atoms with Crippen molar-refractivity contribution in [1.29, 1.82) is 0 Å². The summed E-state index contributed by atoms with van der Waals surface area (Å²) in [6, 6.07) is 59.5. The summed E-state index contributed by atoms with van der Waals surface area (Å²) in [6.07, 6.45) is 0. The maximum atomic E-state index is 2.42. The average Bonchev–Trinajstić information content (AvgIpc) is 3.73. The van der Waals surface area contributed by atoms with Crippen molar-refractivity contribution in [3.05, 3.63) is 164 Å². The number of rotatable bonds is 3. The van der Waals surface area contributed by atoms with E-state index in [-0.39, 0.29) is 0 Å². The standard InChI is InChI=1S/C42H27N3/c1-3-13-28(14-4-1)43-39-22-12-9-19-33(39)35-26-42-36(27-41(35)43)34-25-30(23-24-40(34)44(42)29-15-5-2-6-16-29)45-37-20-10-7-17-31(37)32-18-8-11-21-38(32)45/h1-27H. The minimum Gasteiger partial charge on any atom is -0.309 e. The molecule has 3 heteroatoms. The van der Waals surface area contributed by atoms with Gasteiger partial charge >= 0.3 is 0 Å². The van der Waals surface area contributed by atoms with Gasteiger partial charge < -0.3 is 13.7 Å². The van der Waals surface area contributed by atoms with Crippen LogP contribution < -0.4 is 0 Å². The molecule has 210 valence electrons. The monoisotopic (exact) mass is 573 g/mol. The molecule has 0 aliphatic rings. The summed E-state index contributed by atoms with van der Waals surface area (Å²) < 4.78 is 7.25. The first-order valence-electron chi connectivity index (χ1n) is 15.5. The van der Waals surface area contributed by atoms with E-state index in [1.54, 1.807) is 0 Å². The molecule has 3 aromatic heterocycles. The lowest BCUT2D eigenvalue weighted by Crippen LogP contribution is -1.95. The van der Waals surface area contributed by atoms with Gasteiger partial charge in [-0.25, -0.2) is 0 Å². The summed E-state index contributed by atoms with van der Waals surface area (Å²) >= 11 is 0. The minimum absolute atomic E-state index is 1.16. The van der Waals surface area contributed by atoms with Gasteiger partial charge in [0.25, 0.3) is 0 Å². The van der Waals surface area contributed by atoms with Crippen molar-refractivity contribution in [2.75, 3.05) is 0 Å². The average molecular weight is 574 g/mol. The van der Waals surface area contributed by atoms with Crippen molar-refractivity contribution < 1.29 is 0 Å². The minimum atomic E-state index is 1.16. The molecule has 45 heavy (non-hydrogen) atoms. The SMILES string of the molecule is c1ccc(-n2c3ccccc3c3cc4c(cc32)c2cc(-n3c5ccccc5c5ccccc53)ccc2n4-c2ccccc2)cc1. The molecular formula is C42H27N3. The molecule has 3 nitrogen and oxygen atoms in total. The molecule has 0 aliphatic heterocycles. The van der Waals surface area contributed by atoms with Gasteiger partial charge in [0, 0.05) is 49.4 Å². The molecule has 0 radical (unpaired) electrons. The summed E-state index contributed by atoms with van der Waals surface area (Å²) in [5, 5.41) is 7.53. The normalized spacial score (nSPS) is 12.0. The predicted molar refractivity (Wildman–Crippen MR) is 189 cm³/mol. The second-order valence-corrected chi connectivity index (χ2v) is 11.8. The Hall–Kier alpha value is -6.06. The highest BCUT2D eigenvalue weighted by Crippen LogP contribution is 2.41. The lowest BCUT2D eigenvalue weighted by Gasteiger charge is -2.10. The highest BCUT2D eigenvalue weighted by atomic mass is 15.0. The molecule has 7 aromatic carbocycles. The zero-order chi connectivity index (χ0) is 29.5. The first kappa shape index (κ1) is 24.4. The third-order valence-corrected chi connectivity index (χ3v) is 9.41. The fraction of sp³-hybridized carbons (Fsp3) is 0. The Morgan fingerprint density at radius 3 is 1.09 bits per heavy atom. The first-order chi connectivity index (χ1) is 22.3. The van der Waals surface area contributed by atoms with Crippen LogP contribution >= 0.6 is 0 Å². The third-order valence-electron chi connectivity index (χ3n) is 9.41. The van der Waals surface area contributed by atoms with E-state index in [2.05, 4.69) is 177 Å². The van der Waals surface area contributed by atoms with Crippen LogP contribution in [0.5, 0.6) is 0 Å². The van der Waals surface area contributed by atoms with E-state index >= 15 is 0 Å². The molecule has 0 saturated heterocycles. The van der Waals surface area contributed by atoms with Crippen LogP contribution in [0.2, 0.25) is 0 Å². The quantitative estimate of drug-likeness (QED) is 0.200. The third kappa shape index (κ3) is 3.41. The van der Waals surface area contributed by atoms with Crippen molar-refractivity contribution in [2.45, 2.75) is 0 Å². The van der Waals surface area contributed by atoms with E-state index in [0.717, 1.165) is 11.4 Å². The second kappa shape index (κ2) is 9.22. The van der Waals surface area contributed by atoms with E-state index in [4.69, 9.17) is 0 Å². The molecule has 0 aliphatic carbocycles. The molecule has 3 heterocycles. The van der Waals surface area contributed by atoms with Gasteiger partial charge in [-0.2, -0.15) is 0 Å². The number of nitrogens with zero attached hydrogens (tertiary/aromatic N) is 3. The van der Waals surface area contributed by atoms with Crippen molar-refractivity contribution >= 4 is 65.4 Å². The van der Waals surface area contributed by atoms with Gasteiger partial charge in [-0.05, 0) is 72.8 Å². The number of fused-ring (bicyclic) bond motifs is 9. The van der Waals surface area contributed by atoms with E-state index in [1.165, 1.54) is 71.1 Å².